The van der Waals surface area contributed by atoms with E-state index in [1.165, 1.54) is 5.57 Å². The first-order valence-electron chi connectivity index (χ1n) is 17.8. The Bertz CT molecular complexity index is 1490. The second-order valence-electron chi connectivity index (χ2n) is 17.7. The van der Waals surface area contributed by atoms with Gasteiger partial charge in [-0.25, -0.2) is 4.79 Å². The van der Waals surface area contributed by atoms with Gasteiger partial charge in [0.05, 0.1) is 11.3 Å². The molecule has 0 aromatic heterocycles. The van der Waals surface area contributed by atoms with E-state index in [9.17, 15) is 19.2 Å². The van der Waals surface area contributed by atoms with Crippen molar-refractivity contribution in [2.24, 2.45) is 56.2 Å². The molecule has 1 N–H and O–H groups in total. The molecule has 47 heavy (non-hydrogen) atoms. The van der Waals surface area contributed by atoms with Crippen LogP contribution in [-0.4, -0.2) is 35.4 Å². The molecule has 0 heterocycles. The Labute approximate surface area is 280 Å². The number of hydrogen-bond donors (Lipinski definition) is 1. The third-order valence-corrected chi connectivity index (χ3v) is 14.9. The van der Waals surface area contributed by atoms with E-state index in [2.05, 4.69) is 48.5 Å². The summed E-state index contributed by atoms with van der Waals surface area (Å²) in [4.78, 5) is 52.7. The second kappa shape index (κ2) is 11.3. The van der Waals surface area contributed by atoms with Crippen molar-refractivity contribution in [3.8, 4) is 0 Å². The summed E-state index contributed by atoms with van der Waals surface area (Å²) in [5, 5.41) is 9.09. The van der Waals surface area contributed by atoms with E-state index in [1.54, 1.807) is 0 Å². The van der Waals surface area contributed by atoms with E-state index in [1.807, 2.05) is 36.4 Å². The Morgan fingerprint density at radius 3 is 2.21 bits per heavy atom. The van der Waals surface area contributed by atoms with Gasteiger partial charge in [-0.1, -0.05) is 77.4 Å². The highest BCUT2D eigenvalue weighted by atomic mass is 16.6. The fourth-order valence-electron chi connectivity index (χ4n) is 11.9. The topological polar surface area (TPSA) is 107 Å². The predicted octanol–water partition coefficient (Wildman–Crippen LogP) is 7.95. The number of carboxylic acids is 1. The summed E-state index contributed by atoms with van der Waals surface area (Å²) < 4.78 is 11.1. The molecule has 0 amide bonds. The van der Waals surface area contributed by atoms with Gasteiger partial charge in [0, 0.05) is 5.92 Å². The summed E-state index contributed by atoms with van der Waals surface area (Å²) in [5.74, 6) is -1.85. The molecule has 1 aromatic carbocycles. The number of aliphatic carboxylic acids is 1. The molecular formula is C40H54O7. The standard InChI is InChI=1S/C40H54O7/c1-35(2)26(33(44)46-24-31(42)43)13-15-38(5)30(35)14-16-40(7)32(38)29(41)21-27-28-22-37(4,18-17-36(28,3)19-20-39(27,40)6)34(45)47-23-25-11-9-8-10-12-25/h8-12,21,26,28,30,32H,13-20,22-24H2,1-7H3,(H,42,43)/t26-,28+,30+,32-,36-,37+,38+,39-,40-/m1/s1. The minimum absolute atomic E-state index is 0.0332. The maximum absolute atomic E-state index is 14.7. The van der Waals surface area contributed by atoms with Gasteiger partial charge in [0.15, 0.2) is 12.4 Å². The van der Waals surface area contributed by atoms with E-state index in [-0.39, 0.29) is 57.8 Å². The summed E-state index contributed by atoms with van der Waals surface area (Å²) in [7, 11) is 0. The van der Waals surface area contributed by atoms with Gasteiger partial charge in [0.2, 0.25) is 0 Å². The summed E-state index contributed by atoms with van der Waals surface area (Å²) in [6, 6.07) is 9.82. The molecule has 7 nitrogen and oxygen atoms in total. The van der Waals surface area contributed by atoms with E-state index >= 15 is 0 Å². The molecule has 4 saturated carbocycles. The highest BCUT2D eigenvalue weighted by Crippen LogP contribution is 2.75. The number of carbonyl (C=O) groups excluding carboxylic acids is 3. The van der Waals surface area contributed by atoms with Crippen molar-refractivity contribution >= 4 is 23.7 Å². The van der Waals surface area contributed by atoms with Gasteiger partial charge in [-0.2, -0.15) is 0 Å². The Morgan fingerprint density at radius 2 is 1.53 bits per heavy atom. The maximum atomic E-state index is 14.7. The van der Waals surface area contributed by atoms with Crippen LogP contribution in [0.5, 0.6) is 0 Å². The van der Waals surface area contributed by atoms with Gasteiger partial charge in [-0.15, -0.1) is 0 Å². The van der Waals surface area contributed by atoms with Gasteiger partial charge in [-0.05, 0) is 115 Å². The van der Waals surface area contributed by atoms with Crippen LogP contribution >= 0.6 is 0 Å². The smallest absolute Gasteiger partial charge is 0.341 e. The third kappa shape index (κ3) is 5.12. The highest BCUT2D eigenvalue weighted by Gasteiger charge is 2.70. The zero-order valence-corrected chi connectivity index (χ0v) is 29.4. The molecule has 0 saturated heterocycles. The molecular weight excluding hydrogens is 592 g/mol. The van der Waals surface area contributed by atoms with Crippen molar-refractivity contribution in [2.45, 2.75) is 113 Å². The van der Waals surface area contributed by atoms with Crippen molar-refractivity contribution in [3.05, 3.63) is 47.5 Å². The van der Waals surface area contributed by atoms with Crippen LogP contribution in [0.15, 0.2) is 42.0 Å². The third-order valence-electron chi connectivity index (χ3n) is 14.9. The van der Waals surface area contributed by atoms with Gasteiger partial charge in [0.25, 0.3) is 0 Å². The molecule has 5 aliphatic carbocycles. The molecule has 0 spiro atoms. The van der Waals surface area contributed by atoms with Crippen molar-refractivity contribution in [1.82, 2.24) is 0 Å². The van der Waals surface area contributed by atoms with Gasteiger partial charge in [0.1, 0.15) is 6.61 Å². The van der Waals surface area contributed by atoms with Crippen LogP contribution in [0.1, 0.15) is 112 Å². The highest BCUT2D eigenvalue weighted by molar-refractivity contribution is 5.96. The van der Waals surface area contributed by atoms with Crippen LogP contribution < -0.4 is 0 Å². The Hall–Kier alpha value is -2.96. The lowest BCUT2D eigenvalue weighted by atomic mass is 9.33. The average molecular weight is 647 g/mol. The predicted molar refractivity (Wildman–Crippen MR) is 178 cm³/mol. The fraction of sp³-hybridized carbons (Fsp3) is 0.700. The van der Waals surface area contributed by atoms with Gasteiger partial charge >= 0.3 is 17.9 Å². The van der Waals surface area contributed by atoms with Crippen LogP contribution in [0, 0.1) is 56.2 Å². The number of ether oxygens (including phenoxy) is 2. The van der Waals surface area contributed by atoms with Crippen LogP contribution in [0.4, 0.5) is 0 Å². The zero-order valence-electron chi connectivity index (χ0n) is 29.4. The number of carbonyl (C=O) groups is 4. The average Bonchev–Trinajstić information content (AvgIpc) is 3.00. The van der Waals surface area contributed by atoms with Crippen molar-refractivity contribution < 1.29 is 33.8 Å². The first-order chi connectivity index (χ1) is 21.9. The molecule has 5 aliphatic rings. The van der Waals surface area contributed by atoms with Crippen LogP contribution in [-0.2, 0) is 35.3 Å². The summed E-state index contributed by atoms with van der Waals surface area (Å²) in [5.41, 5.74) is 0.479. The SMILES string of the molecule is CC1(C)[C@@H](C(=O)OCC(=O)O)CC[C@]2(C)[C@H]3C(=O)C=C4[C@@H]5C[C@@](C)(C(=O)OCc6ccccc6)CC[C@]5(C)CC[C@@]4(C)[C@]3(C)CC[C@@H]12. The zero-order chi connectivity index (χ0) is 34.2. The van der Waals surface area contributed by atoms with E-state index < -0.39 is 35.3 Å². The molecule has 0 aliphatic heterocycles. The number of esters is 2. The number of ketones is 1. The molecule has 7 heteroatoms. The van der Waals surface area contributed by atoms with Crippen LogP contribution in [0.3, 0.4) is 0 Å². The molecule has 256 valence electrons. The minimum atomic E-state index is -1.15. The van der Waals surface area contributed by atoms with Gasteiger partial charge < -0.3 is 14.6 Å². The summed E-state index contributed by atoms with van der Waals surface area (Å²) >= 11 is 0. The van der Waals surface area contributed by atoms with Crippen molar-refractivity contribution in [2.75, 3.05) is 6.61 Å². The monoisotopic (exact) mass is 646 g/mol. The first kappa shape index (κ1) is 33.9. The second-order valence-corrected chi connectivity index (χ2v) is 17.7. The number of carboxylic acid groups (broad SMARTS) is 1. The summed E-state index contributed by atoms with van der Waals surface area (Å²) in [6.45, 7) is 15.4. The summed E-state index contributed by atoms with van der Waals surface area (Å²) in [6.07, 6.45) is 9.62. The molecule has 9 atom stereocenters. The quantitative estimate of drug-likeness (QED) is 0.313. The molecule has 0 unspecified atom stereocenters. The Balaban J connectivity index is 1.30. The Morgan fingerprint density at radius 1 is 0.851 bits per heavy atom. The number of fused-ring (bicyclic) bond motifs is 7. The lowest BCUT2D eigenvalue weighted by molar-refractivity contribution is -0.200. The van der Waals surface area contributed by atoms with Crippen molar-refractivity contribution in [3.63, 3.8) is 0 Å². The van der Waals surface area contributed by atoms with Crippen LogP contribution in [0.2, 0.25) is 0 Å². The number of rotatable bonds is 6. The number of benzene rings is 1. The van der Waals surface area contributed by atoms with E-state index in [0.29, 0.717) is 12.8 Å². The lowest BCUT2D eigenvalue weighted by Crippen LogP contribution is -2.66. The Kier molecular flexibility index (Phi) is 8.16. The molecule has 1 aromatic rings. The van der Waals surface area contributed by atoms with Crippen LogP contribution in [0.25, 0.3) is 0 Å². The van der Waals surface area contributed by atoms with Crippen molar-refractivity contribution in [1.29, 1.82) is 0 Å². The number of hydrogen-bond acceptors (Lipinski definition) is 6. The normalized spacial score (nSPS) is 42.0. The van der Waals surface area contributed by atoms with E-state index in [4.69, 9.17) is 14.6 Å². The lowest BCUT2D eigenvalue weighted by Gasteiger charge is -2.70. The number of allylic oxidation sites excluding steroid dienone is 2. The largest absolute Gasteiger partial charge is 0.479 e. The maximum Gasteiger partial charge on any atom is 0.341 e. The molecule has 4 fully saturated rings. The fourth-order valence-corrected chi connectivity index (χ4v) is 11.9. The van der Waals surface area contributed by atoms with Gasteiger partial charge in [-0.3, -0.25) is 14.4 Å². The molecule has 6 rings (SSSR count). The first-order valence-corrected chi connectivity index (χ1v) is 17.8. The molecule has 0 radical (unpaired) electrons. The van der Waals surface area contributed by atoms with E-state index in [0.717, 1.165) is 50.5 Å². The minimum Gasteiger partial charge on any atom is -0.479 e. The molecule has 0 bridgehead atoms.